The van der Waals surface area contributed by atoms with Crippen LogP contribution in [0.25, 0.3) is 0 Å². The first kappa shape index (κ1) is 19.2. The summed E-state index contributed by atoms with van der Waals surface area (Å²) in [5.41, 5.74) is 0. The molecule has 0 saturated carbocycles. The third kappa shape index (κ3) is 2.31. The molecule has 0 aliphatic carbocycles. The van der Waals surface area contributed by atoms with E-state index >= 15 is 0 Å². The first-order valence-corrected chi connectivity index (χ1v) is 6.41. The molecule has 0 aliphatic rings. The molecule has 0 aromatic carbocycles. The quantitative estimate of drug-likeness (QED) is 0.552. The van der Waals surface area contributed by atoms with E-state index in [9.17, 15) is 59.7 Å². The zero-order valence-electron chi connectivity index (χ0n) is 8.23. The van der Waals surface area contributed by atoms with Crippen molar-refractivity contribution < 1.29 is 59.7 Å². The average molecular weight is 366 g/mol. The summed E-state index contributed by atoms with van der Waals surface area (Å²) in [7, 11) is -15.7. The predicted molar refractivity (Wildman–Crippen MR) is 39.8 cm³/mol. The van der Waals surface area contributed by atoms with Gasteiger partial charge in [0.25, 0.3) is 0 Å². The molecule has 0 rings (SSSR count). The zero-order valence-corrected chi connectivity index (χ0v) is 9.86. The molecular weight excluding hydrogens is 366 g/mol. The van der Waals surface area contributed by atoms with Crippen molar-refractivity contribution in [2.24, 2.45) is 0 Å². The fourth-order valence-corrected chi connectivity index (χ4v) is 1.54. The molecule has 0 amide bonds. The second-order valence-electron chi connectivity index (χ2n) is 3.06. The molecule has 20 heavy (non-hydrogen) atoms. The summed E-state index contributed by atoms with van der Waals surface area (Å²) in [4.78, 5) is 0. The van der Waals surface area contributed by atoms with Crippen molar-refractivity contribution in [3.8, 4) is 0 Å². The lowest BCUT2D eigenvalue weighted by Crippen LogP contribution is -2.65. The van der Waals surface area contributed by atoms with E-state index in [4.69, 9.17) is 0 Å². The maximum absolute atomic E-state index is 12.5. The lowest BCUT2D eigenvalue weighted by Gasteiger charge is -2.32. The Morgan fingerprint density at radius 3 is 0.750 bits per heavy atom. The summed E-state index contributed by atoms with van der Waals surface area (Å²) in [5, 5.41) is -14.9. The standard InChI is InChI=1S/C4F10O4S2/c5-1(6,3(9,10)19(13,15)16)2(7,8)4(11,12)20(14,17)18. The van der Waals surface area contributed by atoms with Gasteiger partial charge in [0.05, 0.1) is 0 Å². The molecule has 4 nitrogen and oxygen atoms in total. The van der Waals surface area contributed by atoms with Crippen molar-refractivity contribution in [3.05, 3.63) is 0 Å². The summed E-state index contributed by atoms with van der Waals surface area (Å²) in [6, 6.07) is 0. The van der Waals surface area contributed by atoms with Gasteiger partial charge in [0.15, 0.2) is 0 Å². The van der Waals surface area contributed by atoms with Crippen LogP contribution in [-0.2, 0) is 20.4 Å². The molecule has 122 valence electrons. The largest absolute Gasteiger partial charge is 0.442 e. The predicted octanol–water partition coefficient (Wildman–Crippen LogP) is 2.04. The van der Waals surface area contributed by atoms with Gasteiger partial charge in [-0.25, -0.2) is 0 Å². The van der Waals surface area contributed by atoms with Crippen LogP contribution in [0.2, 0.25) is 0 Å². The minimum absolute atomic E-state index is 7.45. The number of rotatable bonds is 5. The molecule has 0 aromatic heterocycles. The van der Waals surface area contributed by atoms with Crippen LogP contribution in [0, 0.1) is 0 Å². The first-order valence-electron chi connectivity index (χ1n) is 3.65. The fraction of sp³-hybridized carbons (Fsp3) is 1.00. The topological polar surface area (TPSA) is 68.3 Å². The molecule has 0 saturated heterocycles. The molecule has 0 unspecified atom stereocenters. The number of halogens is 10. The van der Waals surface area contributed by atoms with E-state index in [0.717, 1.165) is 0 Å². The molecule has 0 bridgehead atoms. The SMILES string of the molecule is O=S(=O)(F)C(F)(F)C(F)(F)C(F)(F)C(F)(F)S(=O)(=O)F. The van der Waals surface area contributed by atoms with Crippen LogP contribution in [0.4, 0.5) is 42.9 Å². The van der Waals surface area contributed by atoms with Gasteiger partial charge in [-0.2, -0.15) is 52.0 Å². The van der Waals surface area contributed by atoms with Gasteiger partial charge in [-0.1, -0.05) is 7.77 Å². The number of alkyl halides is 8. The summed E-state index contributed by atoms with van der Waals surface area (Å²) in [5.74, 6) is -15.6. The Bertz CT molecular complexity index is 535. The van der Waals surface area contributed by atoms with Crippen molar-refractivity contribution in [1.29, 1.82) is 0 Å². The van der Waals surface area contributed by atoms with Crippen molar-refractivity contribution in [3.63, 3.8) is 0 Å². The Kier molecular flexibility index (Phi) is 4.17. The van der Waals surface area contributed by atoms with Gasteiger partial charge < -0.3 is 0 Å². The van der Waals surface area contributed by atoms with E-state index in [2.05, 4.69) is 0 Å². The lowest BCUT2D eigenvalue weighted by atomic mass is 10.2. The van der Waals surface area contributed by atoms with Gasteiger partial charge in [0.1, 0.15) is 0 Å². The normalized spacial score (nSPS) is 16.3. The Labute approximate surface area is 103 Å². The number of hydrogen-bond acceptors (Lipinski definition) is 4. The molecule has 0 aromatic rings. The van der Waals surface area contributed by atoms with E-state index in [1.807, 2.05) is 0 Å². The van der Waals surface area contributed by atoms with E-state index in [0.29, 0.717) is 0 Å². The van der Waals surface area contributed by atoms with Crippen LogP contribution in [0.15, 0.2) is 0 Å². The van der Waals surface area contributed by atoms with Crippen molar-refractivity contribution in [2.75, 3.05) is 0 Å². The maximum atomic E-state index is 12.5. The van der Waals surface area contributed by atoms with E-state index in [-0.39, 0.29) is 0 Å². The highest BCUT2D eigenvalue weighted by molar-refractivity contribution is 7.88. The second-order valence-corrected chi connectivity index (χ2v) is 5.83. The van der Waals surface area contributed by atoms with Gasteiger partial charge in [-0.15, -0.1) is 0 Å². The van der Waals surface area contributed by atoms with Crippen molar-refractivity contribution >= 4 is 20.4 Å². The lowest BCUT2D eigenvalue weighted by molar-refractivity contribution is -0.327. The molecule has 16 heteroatoms. The molecule has 0 atom stereocenters. The Hall–Kier alpha value is -0.800. The molecule has 0 fully saturated rings. The van der Waals surface area contributed by atoms with Gasteiger partial charge in [0, 0.05) is 0 Å². The van der Waals surface area contributed by atoms with E-state index < -0.39 is 42.8 Å². The van der Waals surface area contributed by atoms with Gasteiger partial charge in [-0.3, -0.25) is 0 Å². The summed E-state index contributed by atoms with van der Waals surface area (Å²) < 4.78 is 161. The third-order valence-corrected chi connectivity index (χ3v) is 3.48. The van der Waals surface area contributed by atoms with Gasteiger partial charge in [-0.05, 0) is 0 Å². The summed E-state index contributed by atoms with van der Waals surface area (Å²) >= 11 is 0. The highest BCUT2D eigenvalue weighted by atomic mass is 32.3. The Balaban J connectivity index is 6.37. The highest BCUT2D eigenvalue weighted by Gasteiger charge is 2.88. The zero-order chi connectivity index (χ0) is 17.0. The second kappa shape index (κ2) is 4.35. The first-order chi connectivity index (χ1) is 8.25. The van der Waals surface area contributed by atoms with Crippen LogP contribution < -0.4 is 0 Å². The summed E-state index contributed by atoms with van der Waals surface area (Å²) in [6.45, 7) is 0. The van der Waals surface area contributed by atoms with Crippen molar-refractivity contribution in [2.45, 2.75) is 22.4 Å². The highest BCUT2D eigenvalue weighted by Crippen LogP contribution is 2.56. The average Bonchev–Trinajstić information content (AvgIpc) is 2.12. The smallest absolute Gasteiger partial charge is 0.191 e. The molecular formula is C4F10O4S2. The van der Waals surface area contributed by atoms with Crippen LogP contribution >= 0.6 is 0 Å². The molecule has 0 spiro atoms. The summed E-state index contributed by atoms with van der Waals surface area (Å²) in [6.07, 6.45) is 0. The number of hydrogen-bond donors (Lipinski definition) is 0. The van der Waals surface area contributed by atoms with E-state index in [1.165, 1.54) is 0 Å². The van der Waals surface area contributed by atoms with Crippen LogP contribution in [0.5, 0.6) is 0 Å². The Morgan fingerprint density at radius 2 is 0.650 bits per heavy atom. The monoisotopic (exact) mass is 366 g/mol. The molecule has 0 heterocycles. The molecule has 0 N–H and O–H groups in total. The van der Waals surface area contributed by atoms with Gasteiger partial charge >= 0.3 is 42.8 Å². The minimum atomic E-state index is -7.86. The third-order valence-electron chi connectivity index (χ3n) is 1.74. The van der Waals surface area contributed by atoms with Crippen LogP contribution in [0.3, 0.4) is 0 Å². The van der Waals surface area contributed by atoms with Crippen molar-refractivity contribution in [1.82, 2.24) is 0 Å². The molecule has 0 radical (unpaired) electrons. The fourth-order valence-electron chi connectivity index (χ4n) is 0.672. The van der Waals surface area contributed by atoms with Crippen LogP contribution in [-0.4, -0.2) is 39.2 Å². The molecule has 0 aliphatic heterocycles. The minimum Gasteiger partial charge on any atom is -0.191 e. The maximum Gasteiger partial charge on any atom is 0.442 e. The van der Waals surface area contributed by atoms with Crippen LogP contribution in [0.1, 0.15) is 0 Å². The van der Waals surface area contributed by atoms with E-state index in [1.54, 1.807) is 0 Å². The Morgan fingerprint density at radius 1 is 0.500 bits per heavy atom. The van der Waals surface area contributed by atoms with Gasteiger partial charge in [0.2, 0.25) is 0 Å².